The van der Waals surface area contributed by atoms with E-state index in [1.807, 2.05) is 20.8 Å². The van der Waals surface area contributed by atoms with Crippen molar-refractivity contribution in [2.45, 2.75) is 46.5 Å². The summed E-state index contributed by atoms with van der Waals surface area (Å²) in [7, 11) is 0. The first-order valence-corrected chi connectivity index (χ1v) is 9.11. The first-order chi connectivity index (χ1) is 11.9. The summed E-state index contributed by atoms with van der Waals surface area (Å²) in [6, 6.07) is 0. The summed E-state index contributed by atoms with van der Waals surface area (Å²) < 4.78 is 16.1. The molecule has 0 atom stereocenters. The Hall–Kier alpha value is -1.02. The molecular formula is C18H36N2O5. The van der Waals surface area contributed by atoms with E-state index in [1.54, 1.807) is 0 Å². The fraction of sp³-hybridized carbons (Fsp3) is 0.889. The van der Waals surface area contributed by atoms with Crippen LogP contribution in [0.1, 0.15) is 46.5 Å². The molecule has 0 bridgehead atoms. The molecule has 0 aromatic heterocycles. The van der Waals surface area contributed by atoms with Crippen molar-refractivity contribution in [2.75, 3.05) is 52.7 Å². The van der Waals surface area contributed by atoms with Gasteiger partial charge in [-0.05, 0) is 19.4 Å². The molecule has 0 rings (SSSR count). The molecule has 148 valence electrons. The second-order valence-corrected chi connectivity index (χ2v) is 6.86. The van der Waals surface area contributed by atoms with Crippen molar-refractivity contribution in [1.29, 1.82) is 0 Å². The fourth-order valence-corrected chi connectivity index (χ4v) is 1.82. The largest absolute Gasteiger partial charge is 0.379 e. The highest BCUT2D eigenvalue weighted by molar-refractivity contribution is 5.88. The lowest BCUT2D eigenvalue weighted by Gasteiger charge is -2.16. The highest BCUT2D eigenvalue weighted by atomic mass is 16.5. The number of nitrogens with two attached hydrogens (primary N) is 1. The lowest BCUT2D eigenvalue weighted by Crippen LogP contribution is -2.27. The van der Waals surface area contributed by atoms with Crippen LogP contribution in [0, 0.1) is 5.41 Å². The molecule has 0 aromatic carbocycles. The zero-order chi connectivity index (χ0) is 19.0. The van der Waals surface area contributed by atoms with Gasteiger partial charge in [0.05, 0.1) is 26.4 Å². The minimum absolute atomic E-state index is 0.0874. The minimum Gasteiger partial charge on any atom is -0.379 e. The van der Waals surface area contributed by atoms with Gasteiger partial charge in [0, 0.05) is 38.0 Å². The zero-order valence-corrected chi connectivity index (χ0v) is 16.1. The standard InChI is InChI=1S/C18H36N2O5/c1-18(2,3)16(21)6-7-17(22)20-9-5-11-24-13-15-25-14-12-23-10-4-8-19/h4-15,19H2,1-3H3,(H,20,22). The van der Waals surface area contributed by atoms with Crippen molar-refractivity contribution in [3.8, 4) is 0 Å². The van der Waals surface area contributed by atoms with E-state index in [0.717, 1.165) is 12.8 Å². The predicted molar refractivity (Wildman–Crippen MR) is 97.5 cm³/mol. The quantitative estimate of drug-likeness (QED) is 0.402. The number of Topliss-reactive ketones (excluding diaryl/α,β-unsaturated/α-hetero) is 1. The minimum atomic E-state index is -0.382. The van der Waals surface area contributed by atoms with Gasteiger partial charge in [0.2, 0.25) is 5.91 Å². The average Bonchev–Trinajstić information content (AvgIpc) is 2.56. The molecule has 1 amide bonds. The van der Waals surface area contributed by atoms with E-state index in [2.05, 4.69) is 5.32 Å². The summed E-state index contributed by atoms with van der Waals surface area (Å²) in [6.45, 7) is 10.2. The second kappa shape index (κ2) is 15.3. The van der Waals surface area contributed by atoms with Crippen molar-refractivity contribution >= 4 is 11.7 Å². The Labute approximate surface area is 151 Å². The van der Waals surface area contributed by atoms with Crippen LogP contribution in [-0.2, 0) is 23.8 Å². The molecule has 7 nitrogen and oxygen atoms in total. The van der Waals surface area contributed by atoms with Gasteiger partial charge in [0.1, 0.15) is 5.78 Å². The molecule has 0 saturated heterocycles. The molecule has 0 saturated carbocycles. The van der Waals surface area contributed by atoms with E-state index in [4.69, 9.17) is 19.9 Å². The van der Waals surface area contributed by atoms with Gasteiger partial charge in [-0.3, -0.25) is 9.59 Å². The first kappa shape index (κ1) is 24.0. The fourth-order valence-electron chi connectivity index (χ4n) is 1.82. The third kappa shape index (κ3) is 16.2. The number of ether oxygens (including phenoxy) is 3. The molecule has 0 fully saturated rings. The van der Waals surface area contributed by atoms with Crippen LogP contribution in [0.25, 0.3) is 0 Å². The highest BCUT2D eigenvalue weighted by Gasteiger charge is 2.21. The van der Waals surface area contributed by atoms with Gasteiger partial charge in [-0.1, -0.05) is 20.8 Å². The summed E-state index contributed by atoms with van der Waals surface area (Å²) in [5.41, 5.74) is 4.97. The van der Waals surface area contributed by atoms with Crippen LogP contribution in [0.2, 0.25) is 0 Å². The number of carbonyl (C=O) groups is 2. The maximum atomic E-state index is 11.7. The Morgan fingerprint density at radius 1 is 0.840 bits per heavy atom. The molecular weight excluding hydrogens is 324 g/mol. The van der Waals surface area contributed by atoms with E-state index in [9.17, 15) is 9.59 Å². The molecule has 0 aliphatic carbocycles. The zero-order valence-electron chi connectivity index (χ0n) is 16.1. The first-order valence-electron chi connectivity index (χ1n) is 9.11. The number of carbonyl (C=O) groups excluding carboxylic acids is 2. The van der Waals surface area contributed by atoms with Crippen molar-refractivity contribution < 1.29 is 23.8 Å². The van der Waals surface area contributed by atoms with E-state index in [-0.39, 0.29) is 23.5 Å². The molecule has 0 aliphatic heterocycles. The van der Waals surface area contributed by atoms with E-state index in [0.29, 0.717) is 59.2 Å². The molecule has 0 unspecified atom stereocenters. The number of nitrogens with one attached hydrogen (secondary N) is 1. The summed E-state index contributed by atoms with van der Waals surface area (Å²) in [5, 5.41) is 2.80. The average molecular weight is 360 g/mol. The lowest BCUT2D eigenvalue weighted by atomic mass is 9.88. The topological polar surface area (TPSA) is 99.9 Å². The molecule has 3 N–H and O–H groups in total. The number of ketones is 1. The number of rotatable bonds is 16. The summed E-state index contributed by atoms with van der Waals surface area (Å²) in [5.74, 6) is 0.0198. The van der Waals surface area contributed by atoms with Crippen LogP contribution >= 0.6 is 0 Å². The second-order valence-electron chi connectivity index (χ2n) is 6.86. The van der Waals surface area contributed by atoms with Gasteiger partial charge < -0.3 is 25.3 Å². The Morgan fingerprint density at radius 2 is 1.36 bits per heavy atom. The van der Waals surface area contributed by atoms with Crippen LogP contribution in [-0.4, -0.2) is 64.4 Å². The van der Waals surface area contributed by atoms with E-state index in [1.165, 1.54) is 0 Å². The smallest absolute Gasteiger partial charge is 0.220 e. The summed E-state index contributed by atoms with van der Waals surface area (Å²) in [6.07, 6.45) is 2.14. The van der Waals surface area contributed by atoms with Crippen molar-refractivity contribution in [1.82, 2.24) is 5.32 Å². The Kier molecular flexibility index (Phi) is 14.6. The maximum Gasteiger partial charge on any atom is 0.220 e. The lowest BCUT2D eigenvalue weighted by molar-refractivity contribution is -0.129. The third-order valence-corrected chi connectivity index (χ3v) is 3.44. The maximum absolute atomic E-state index is 11.7. The van der Waals surface area contributed by atoms with Gasteiger partial charge in [-0.25, -0.2) is 0 Å². The number of hydrogen-bond acceptors (Lipinski definition) is 6. The van der Waals surface area contributed by atoms with Crippen LogP contribution in [0.5, 0.6) is 0 Å². The van der Waals surface area contributed by atoms with Crippen molar-refractivity contribution in [3.63, 3.8) is 0 Å². The molecule has 0 heterocycles. The number of amides is 1. The summed E-state index contributed by atoms with van der Waals surface area (Å²) >= 11 is 0. The number of hydrogen-bond donors (Lipinski definition) is 2. The van der Waals surface area contributed by atoms with Crippen LogP contribution in [0.4, 0.5) is 0 Å². The molecule has 25 heavy (non-hydrogen) atoms. The van der Waals surface area contributed by atoms with E-state index < -0.39 is 0 Å². The van der Waals surface area contributed by atoms with Crippen LogP contribution in [0.15, 0.2) is 0 Å². The van der Waals surface area contributed by atoms with E-state index >= 15 is 0 Å². The van der Waals surface area contributed by atoms with Crippen LogP contribution in [0.3, 0.4) is 0 Å². The molecule has 7 heteroatoms. The molecule has 0 aromatic rings. The monoisotopic (exact) mass is 360 g/mol. The summed E-state index contributed by atoms with van der Waals surface area (Å²) in [4.78, 5) is 23.4. The Morgan fingerprint density at radius 3 is 1.88 bits per heavy atom. The third-order valence-electron chi connectivity index (χ3n) is 3.44. The van der Waals surface area contributed by atoms with Crippen molar-refractivity contribution in [2.24, 2.45) is 11.1 Å². The van der Waals surface area contributed by atoms with Gasteiger partial charge >= 0.3 is 0 Å². The predicted octanol–water partition coefficient (Wildman–Crippen LogP) is 1.29. The van der Waals surface area contributed by atoms with Gasteiger partial charge in [-0.15, -0.1) is 0 Å². The van der Waals surface area contributed by atoms with Crippen molar-refractivity contribution in [3.05, 3.63) is 0 Å². The van der Waals surface area contributed by atoms with Crippen LogP contribution < -0.4 is 11.1 Å². The van der Waals surface area contributed by atoms with Gasteiger partial charge in [-0.2, -0.15) is 0 Å². The SMILES string of the molecule is CC(C)(C)C(=O)CCC(=O)NCCCOCCOCCOCCCN. The molecule has 0 spiro atoms. The Balaban J connectivity index is 3.30. The Bertz CT molecular complexity index is 356. The van der Waals surface area contributed by atoms with Gasteiger partial charge in [0.25, 0.3) is 0 Å². The highest BCUT2D eigenvalue weighted by Crippen LogP contribution is 2.17. The molecule has 0 aliphatic rings. The normalized spacial score (nSPS) is 11.5. The molecule has 0 radical (unpaired) electrons. The van der Waals surface area contributed by atoms with Gasteiger partial charge in [0.15, 0.2) is 0 Å².